The SMILES string of the molecule is Cc1ccc(CN(c2ccc3c(cnn3C(=O)OC(C)(C)C)c2)C2CCCNC2)cc1N. The Morgan fingerprint density at radius 2 is 2.09 bits per heavy atom. The Morgan fingerprint density at radius 3 is 2.78 bits per heavy atom. The number of ether oxygens (including phenoxy) is 1. The van der Waals surface area contributed by atoms with Gasteiger partial charge in [-0.3, -0.25) is 0 Å². The number of carbonyl (C=O) groups excluding carboxylic acids is 1. The molecule has 1 atom stereocenters. The highest BCUT2D eigenvalue weighted by Crippen LogP contribution is 2.28. The van der Waals surface area contributed by atoms with Gasteiger partial charge in [0.15, 0.2) is 0 Å². The third kappa shape index (κ3) is 4.88. The Balaban J connectivity index is 1.66. The van der Waals surface area contributed by atoms with Crippen molar-refractivity contribution in [1.82, 2.24) is 15.1 Å². The van der Waals surface area contributed by atoms with E-state index in [0.717, 1.165) is 60.3 Å². The van der Waals surface area contributed by atoms with E-state index in [-0.39, 0.29) is 0 Å². The predicted molar refractivity (Wildman–Crippen MR) is 129 cm³/mol. The third-order valence-electron chi connectivity index (χ3n) is 5.86. The van der Waals surface area contributed by atoms with Crippen LogP contribution in [0.25, 0.3) is 10.9 Å². The number of nitrogens with two attached hydrogens (primary N) is 1. The highest BCUT2D eigenvalue weighted by molar-refractivity contribution is 5.89. The van der Waals surface area contributed by atoms with Gasteiger partial charge in [-0.25, -0.2) is 4.79 Å². The van der Waals surface area contributed by atoms with E-state index in [4.69, 9.17) is 10.5 Å². The highest BCUT2D eigenvalue weighted by Gasteiger charge is 2.24. The zero-order valence-corrected chi connectivity index (χ0v) is 19.4. The number of carbonyl (C=O) groups is 1. The quantitative estimate of drug-likeness (QED) is 0.588. The Hall–Kier alpha value is -3.06. The van der Waals surface area contributed by atoms with Crippen LogP contribution in [0.15, 0.2) is 42.6 Å². The van der Waals surface area contributed by atoms with Gasteiger partial charge in [0.1, 0.15) is 5.60 Å². The summed E-state index contributed by atoms with van der Waals surface area (Å²) in [5, 5.41) is 8.73. The van der Waals surface area contributed by atoms with Gasteiger partial charge >= 0.3 is 6.09 Å². The van der Waals surface area contributed by atoms with Crippen LogP contribution in [-0.2, 0) is 11.3 Å². The molecule has 0 radical (unpaired) electrons. The standard InChI is InChI=1S/C25H33N5O2/c1-17-7-8-18(12-22(17)26)16-29(21-6-5-11-27-15-21)20-9-10-23-19(13-20)14-28-30(23)24(31)32-25(2,3)4/h7-10,12-14,21,27H,5-6,11,15-16,26H2,1-4H3. The van der Waals surface area contributed by atoms with E-state index >= 15 is 0 Å². The number of piperidine rings is 1. The van der Waals surface area contributed by atoms with E-state index in [2.05, 4.69) is 45.6 Å². The van der Waals surface area contributed by atoms with Crippen molar-refractivity contribution in [3.8, 4) is 0 Å². The molecule has 4 rings (SSSR count). The first-order valence-electron chi connectivity index (χ1n) is 11.2. The topological polar surface area (TPSA) is 85.4 Å². The Morgan fingerprint density at radius 1 is 1.28 bits per heavy atom. The molecule has 2 aromatic carbocycles. The van der Waals surface area contributed by atoms with Gasteiger partial charge in [0, 0.05) is 35.9 Å². The maximum absolute atomic E-state index is 12.5. The molecule has 0 aliphatic carbocycles. The van der Waals surface area contributed by atoms with Crippen molar-refractivity contribution in [2.45, 2.75) is 58.7 Å². The van der Waals surface area contributed by atoms with Gasteiger partial charge in [-0.1, -0.05) is 12.1 Å². The minimum atomic E-state index is -0.573. The molecule has 1 aliphatic heterocycles. The lowest BCUT2D eigenvalue weighted by Gasteiger charge is -2.36. The number of hydrogen-bond acceptors (Lipinski definition) is 6. The van der Waals surface area contributed by atoms with Gasteiger partial charge in [-0.05, 0) is 82.5 Å². The normalized spacial score (nSPS) is 16.8. The molecule has 2 heterocycles. The average Bonchev–Trinajstić information content (AvgIpc) is 3.17. The van der Waals surface area contributed by atoms with Gasteiger partial charge in [0.2, 0.25) is 0 Å². The van der Waals surface area contributed by atoms with Crippen LogP contribution < -0.4 is 16.0 Å². The van der Waals surface area contributed by atoms with Crippen molar-refractivity contribution < 1.29 is 9.53 Å². The number of fused-ring (bicyclic) bond motifs is 1. The fourth-order valence-corrected chi connectivity index (χ4v) is 4.17. The molecule has 32 heavy (non-hydrogen) atoms. The van der Waals surface area contributed by atoms with Crippen molar-refractivity contribution in [3.05, 3.63) is 53.7 Å². The molecule has 1 fully saturated rings. The van der Waals surface area contributed by atoms with E-state index in [1.807, 2.05) is 33.8 Å². The third-order valence-corrected chi connectivity index (χ3v) is 5.86. The molecule has 7 nitrogen and oxygen atoms in total. The van der Waals surface area contributed by atoms with Crippen molar-refractivity contribution >= 4 is 28.4 Å². The summed E-state index contributed by atoms with van der Waals surface area (Å²) in [5.41, 5.74) is 10.5. The monoisotopic (exact) mass is 435 g/mol. The molecule has 1 unspecified atom stereocenters. The molecule has 7 heteroatoms. The molecule has 1 saturated heterocycles. The number of nitrogens with one attached hydrogen (secondary N) is 1. The fourth-order valence-electron chi connectivity index (χ4n) is 4.17. The number of aryl methyl sites for hydroxylation is 1. The van der Waals surface area contributed by atoms with Crippen LogP contribution in [0.2, 0.25) is 0 Å². The molecular weight excluding hydrogens is 402 g/mol. The molecular formula is C25H33N5O2. The first kappa shape index (κ1) is 22.1. The first-order valence-corrected chi connectivity index (χ1v) is 11.2. The minimum Gasteiger partial charge on any atom is -0.442 e. The van der Waals surface area contributed by atoms with Crippen LogP contribution in [0.5, 0.6) is 0 Å². The van der Waals surface area contributed by atoms with Gasteiger partial charge in [-0.15, -0.1) is 0 Å². The van der Waals surface area contributed by atoms with Gasteiger partial charge in [0.25, 0.3) is 0 Å². The van der Waals surface area contributed by atoms with E-state index < -0.39 is 11.7 Å². The maximum Gasteiger partial charge on any atom is 0.435 e. The van der Waals surface area contributed by atoms with E-state index in [1.54, 1.807) is 6.20 Å². The van der Waals surface area contributed by atoms with E-state index in [1.165, 1.54) is 10.2 Å². The second-order valence-corrected chi connectivity index (χ2v) is 9.60. The van der Waals surface area contributed by atoms with Gasteiger partial charge < -0.3 is 20.7 Å². The van der Waals surface area contributed by atoms with Crippen molar-refractivity contribution in [2.24, 2.45) is 0 Å². The molecule has 0 bridgehead atoms. The van der Waals surface area contributed by atoms with Gasteiger partial charge in [-0.2, -0.15) is 9.78 Å². The first-order chi connectivity index (χ1) is 15.2. The van der Waals surface area contributed by atoms with Crippen LogP contribution in [0.3, 0.4) is 0 Å². The molecule has 3 aromatic rings. The second kappa shape index (κ2) is 8.82. The summed E-state index contributed by atoms with van der Waals surface area (Å²) in [6.45, 7) is 10.3. The second-order valence-electron chi connectivity index (χ2n) is 9.60. The van der Waals surface area contributed by atoms with Crippen LogP contribution in [-0.4, -0.2) is 40.6 Å². The van der Waals surface area contributed by atoms with Crippen LogP contribution in [0.1, 0.15) is 44.7 Å². The molecule has 3 N–H and O–H groups in total. The lowest BCUT2D eigenvalue weighted by atomic mass is 10.0. The Bertz CT molecular complexity index is 1110. The molecule has 0 saturated carbocycles. The van der Waals surface area contributed by atoms with Crippen LogP contribution in [0.4, 0.5) is 16.2 Å². The summed E-state index contributed by atoms with van der Waals surface area (Å²) in [6.07, 6.45) is 3.53. The number of anilines is 2. The molecule has 1 aliphatic rings. The van der Waals surface area contributed by atoms with E-state index in [9.17, 15) is 4.79 Å². The van der Waals surface area contributed by atoms with Crippen molar-refractivity contribution in [2.75, 3.05) is 23.7 Å². The summed E-state index contributed by atoms with van der Waals surface area (Å²) < 4.78 is 6.82. The molecule has 1 aromatic heterocycles. The van der Waals surface area contributed by atoms with Crippen molar-refractivity contribution in [3.63, 3.8) is 0 Å². The van der Waals surface area contributed by atoms with Crippen LogP contribution in [0, 0.1) is 6.92 Å². The summed E-state index contributed by atoms with van der Waals surface area (Å²) in [7, 11) is 0. The smallest absolute Gasteiger partial charge is 0.435 e. The Labute approximate surface area is 189 Å². The fraction of sp³-hybridized carbons (Fsp3) is 0.440. The number of benzene rings is 2. The van der Waals surface area contributed by atoms with E-state index in [0.29, 0.717) is 6.04 Å². The molecule has 170 valence electrons. The molecule has 0 amide bonds. The largest absolute Gasteiger partial charge is 0.442 e. The predicted octanol–water partition coefficient (Wildman–Crippen LogP) is 4.47. The minimum absolute atomic E-state index is 0.379. The van der Waals surface area contributed by atoms with Crippen molar-refractivity contribution in [1.29, 1.82) is 0 Å². The lowest BCUT2D eigenvalue weighted by molar-refractivity contribution is 0.0522. The number of hydrogen-bond donors (Lipinski definition) is 2. The number of aromatic nitrogens is 2. The highest BCUT2D eigenvalue weighted by atomic mass is 16.6. The summed E-state index contributed by atoms with van der Waals surface area (Å²) in [6, 6.07) is 12.8. The molecule has 0 spiro atoms. The number of rotatable bonds is 4. The summed E-state index contributed by atoms with van der Waals surface area (Å²) >= 11 is 0. The summed E-state index contributed by atoms with van der Waals surface area (Å²) in [5.74, 6) is 0. The average molecular weight is 436 g/mol. The zero-order chi connectivity index (χ0) is 22.9. The van der Waals surface area contributed by atoms with Gasteiger partial charge in [0.05, 0.1) is 11.7 Å². The zero-order valence-electron chi connectivity index (χ0n) is 19.4. The maximum atomic E-state index is 12.5. The number of nitrogens with zero attached hydrogens (tertiary/aromatic N) is 3. The number of nitrogen functional groups attached to an aromatic ring is 1. The lowest BCUT2D eigenvalue weighted by Crippen LogP contribution is -2.45. The Kier molecular flexibility index (Phi) is 6.11. The van der Waals surface area contributed by atoms with Crippen LogP contribution >= 0.6 is 0 Å². The summed E-state index contributed by atoms with van der Waals surface area (Å²) in [4.78, 5) is 15.0.